The highest BCUT2D eigenvalue weighted by Gasteiger charge is 2.62. The second-order valence-corrected chi connectivity index (χ2v) is 16.8. The Balaban J connectivity index is 1.17. The summed E-state index contributed by atoms with van der Waals surface area (Å²) in [6, 6.07) is 9.66. The highest BCUT2D eigenvalue weighted by atomic mass is 32.2. The van der Waals surface area contributed by atoms with E-state index in [1.165, 1.54) is 28.4 Å². The Labute approximate surface area is 294 Å². The van der Waals surface area contributed by atoms with Gasteiger partial charge in [-0.25, -0.2) is 17.8 Å². The maximum absolute atomic E-state index is 14.4. The maximum atomic E-state index is 14.4. The number of carbonyl (C=O) groups excluding carboxylic acids is 3. The molecular formula is C35H42FN5O7S2. The highest BCUT2D eigenvalue weighted by Crippen LogP contribution is 2.48. The summed E-state index contributed by atoms with van der Waals surface area (Å²) in [6.07, 6.45) is 6.27. The van der Waals surface area contributed by atoms with Gasteiger partial charge in [0.15, 0.2) is 0 Å². The predicted octanol–water partition coefficient (Wildman–Crippen LogP) is 4.50. The van der Waals surface area contributed by atoms with Crippen molar-refractivity contribution in [3.05, 3.63) is 48.3 Å². The maximum Gasteiger partial charge on any atom is 0.274 e. The first-order valence-corrected chi connectivity index (χ1v) is 19.7. The van der Waals surface area contributed by atoms with Crippen molar-refractivity contribution in [1.29, 1.82) is 0 Å². The van der Waals surface area contributed by atoms with Crippen molar-refractivity contribution in [3.8, 4) is 10.9 Å². The molecule has 3 amide bonds. The first-order chi connectivity index (χ1) is 24.0. The van der Waals surface area contributed by atoms with Gasteiger partial charge in [-0.2, -0.15) is 0 Å². The Bertz CT molecular complexity index is 1890. The van der Waals surface area contributed by atoms with Gasteiger partial charge in [0, 0.05) is 12.1 Å². The van der Waals surface area contributed by atoms with Crippen molar-refractivity contribution < 1.29 is 36.7 Å². The molecule has 4 aliphatic rings. The number of amides is 3. The zero-order chi connectivity index (χ0) is 35.0. The van der Waals surface area contributed by atoms with E-state index in [0.717, 1.165) is 42.3 Å². The Morgan fingerprint density at radius 3 is 2.60 bits per heavy atom. The third-order valence-corrected chi connectivity index (χ3v) is 13.0. The molecule has 0 radical (unpaired) electrons. The number of hydrogen-bond donors (Lipinski definition) is 3. The fraction of sp³-hybridized carbons (Fsp3) is 0.543. The van der Waals surface area contributed by atoms with E-state index >= 15 is 0 Å². The number of benzene rings is 2. The van der Waals surface area contributed by atoms with Gasteiger partial charge in [0.25, 0.3) is 11.1 Å². The average Bonchev–Trinajstić information content (AvgIpc) is 3.98. The van der Waals surface area contributed by atoms with E-state index in [2.05, 4.69) is 20.3 Å². The zero-order valence-corrected chi connectivity index (χ0v) is 29.5. The summed E-state index contributed by atoms with van der Waals surface area (Å²) in [5.74, 6) is -1.58. The van der Waals surface area contributed by atoms with Gasteiger partial charge in [-0.1, -0.05) is 49.5 Å². The number of sulfonamides is 1. The van der Waals surface area contributed by atoms with E-state index in [4.69, 9.17) is 9.47 Å². The van der Waals surface area contributed by atoms with Crippen LogP contribution in [0, 0.1) is 11.7 Å². The van der Waals surface area contributed by atoms with Crippen molar-refractivity contribution in [2.24, 2.45) is 5.92 Å². The minimum absolute atomic E-state index is 0.0795. The van der Waals surface area contributed by atoms with Crippen LogP contribution in [0.4, 0.5) is 10.1 Å². The molecule has 0 bridgehead atoms. The Kier molecular flexibility index (Phi) is 9.63. The third-order valence-electron chi connectivity index (χ3n) is 10.3. The number of aromatic nitrogens is 1. The van der Waals surface area contributed by atoms with Crippen molar-refractivity contribution in [2.75, 3.05) is 19.0 Å². The molecule has 3 heterocycles. The molecule has 2 saturated carbocycles. The van der Waals surface area contributed by atoms with Gasteiger partial charge in [0.05, 0.1) is 29.1 Å². The lowest BCUT2D eigenvalue weighted by Gasteiger charge is -2.30. The van der Waals surface area contributed by atoms with Gasteiger partial charge in [0.1, 0.15) is 35.3 Å². The van der Waals surface area contributed by atoms with Crippen LogP contribution in [0.1, 0.15) is 70.6 Å². The van der Waals surface area contributed by atoms with Gasteiger partial charge in [-0.3, -0.25) is 19.1 Å². The van der Waals surface area contributed by atoms with Crippen LogP contribution in [-0.2, 0) is 24.4 Å². The number of nitrogens with one attached hydrogen (secondary N) is 3. The molecule has 1 aromatic heterocycles. The normalized spacial score (nSPS) is 27.7. The molecule has 268 valence electrons. The van der Waals surface area contributed by atoms with Gasteiger partial charge in [-0.15, -0.1) is 0 Å². The molecule has 0 unspecified atom stereocenters. The number of methoxy groups -OCH3 is 1. The van der Waals surface area contributed by atoms with E-state index < -0.39 is 56.6 Å². The molecule has 0 spiro atoms. The van der Waals surface area contributed by atoms with E-state index in [1.807, 2.05) is 12.1 Å². The Hall–Kier alpha value is -3.98. The third kappa shape index (κ3) is 7.39. The van der Waals surface area contributed by atoms with Crippen molar-refractivity contribution in [3.63, 3.8) is 0 Å². The first kappa shape index (κ1) is 34.5. The summed E-state index contributed by atoms with van der Waals surface area (Å²) in [5.41, 5.74) is -0.203. The summed E-state index contributed by atoms with van der Waals surface area (Å²) < 4.78 is 54.5. The quantitative estimate of drug-likeness (QED) is 0.304. The van der Waals surface area contributed by atoms with Crippen molar-refractivity contribution in [2.45, 2.75) is 99.6 Å². The molecule has 4 fully saturated rings. The van der Waals surface area contributed by atoms with Crippen LogP contribution in [-0.4, -0.2) is 78.7 Å². The number of anilines is 1. The summed E-state index contributed by atoms with van der Waals surface area (Å²) in [4.78, 5) is 48.4. The molecule has 2 aromatic carbocycles. The molecule has 5 atom stereocenters. The number of thiazole rings is 1. The lowest BCUT2D eigenvalue weighted by molar-refractivity contribution is -0.140. The lowest BCUT2D eigenvalue weighted by atomic mass is 10.0. The number of carbonyl (C=O) groups is 3. The molecule has 2 aliphatic heterocycles. The molecule has 2 aliphatic carbocycles. The molecule has 15 heteroatoms. The molecular weight excluding hydrogens is 686 g/mol. The number of nitrogens with zero attached hydrogens (tertiary/aromatic N) is 2. The summed E-state index contributed by atoms with van der Waals surface area (Å²) in [7, 11) is -2.26. The van der Waals surface area contributed by atoms with E-state index in [-0.39, 0.29) is 24.8 Å². The van der Waals surface area contributed by atoms with Gasteiger partial charge >= 0.3 is 0 Å². The average molecular weight is 728 g/mol. The number of hydrogen-bond acceptors (Lipinski definition) is 10. The number of rotatable bonds is 8. The van der Waals surface area contributed by atoms with Gasteiger partial charge in [-0.05, 0) is 74.4 Å². The predicted molar refractivity (Wildman–Crippen MR) is 186 cm³/mol. The lowest BCUT2D eigenvalue weighted by Crippen LogP contribution is -2.57. The minimum Gasteiger partial charge on any atom is -0.497 e. The van der Waals surface area contributed by atoms with Crippen LogP contribution in [0.5, 0.6) is 10.9 Å². The van der Waals surface area contributed by atoms with E-state index in [1.54, 1.807) is 25.3 Å². The van der Waals surface area contributed by atoms with Gasteiger partial charge < -0.3 is 25.0 Å². The number of halogens is 1. The van der Waals surface area contributed by atoms with E-state index in [9.17, 15) is 27.2 Å². The number of fused-ring (bicyclic) bond motifs is 3. The summed E-state index contributed by atoms with van der Waals surface area (Å²) in [5, 5.41) is 5.94. The van der Waals surface area contributed by atoms with Crippen LogP contribution < -0.4 is 24.8 Å². The molecule has 3 N–H and O–H groups in total. The molecule has 2 saturated heterocycles. The summed E-state index contributed by atoms with van der Waals surface area (Å²) in [6.45, 7) is 0.0795. The highest BCUT2D eigenvalue weighted by molar-refractivity contribution is 7.91. The van der Waals surface area contributed by atoms with Crippen LogP contribution in [0.15, 0.2) is 42.5 Å². The van der Waals surface area contributed by atoms with Crippen LogP contribution in [0.2, 0.25) is 0 Å². The summed E-state index contributed by atoms with van der Waals surface area (Å²) >= 11 is 1.33. The molecule has 3 aromatic rings. The minimum atomic E-state index is -3.84. The standard InChI is InChI=1S/C35H42FN5O7S2/c1-47-24-12-15-27-30(18-24)49-34(38-27)48-25-17-29-31(42)39-35(33(44)40-50(45,46)26-13-14-26)19-21(35)8-5-3-2-4-6-11-28(32(43)41(29)20-25)37-23-10-7-9-22(36)16-23/h7,9-10,12,15-16,18,21,25-26,28-29,37H,2-6,8,11,13-14,17,19-20H2,1H3,(H,39,42)(H,40,44)/t21-,25-,28+,29+,35-/m1/s1. The Morgan fingerprint density at radius 1 is 1.06 bits per heavy atom. The van der Waals surface area contributed by atoms with Gasteiger partial charge in [0.2, 0.25) is 21.8 Å². The largest absolute Gasteiger partial charge is 0.497 e. The first-order valence-electron chi connectivity index (χ1n) is 17.4. The monoisotopic (exact) mass is 727 g/mol. The smallest absolute Gasteiger partial charge is 0.274 e. The van der Waals surface area contributed by atoms with E-state index in [0.29, 0.717) is 48.7 Å². The molecule has 12 nitrogen and oxygen atoms in total. The second-order valence-electron chi connectivity index (χ2n) is 13.9. The fourth-order valence-corrected chi connectivity index (χ4v) is 9.51. The van der Waals surface area contributed by atoms with Crippen LogP contribution >= 0.6 is 11.3 Å². The zero-order valence-electron chi connectivity index (χ0n) is 27.9. The van der Waals surface area contributed by atoms with Crippen LogP contribution in [0.3, 0.4) is 0 Å². The molecule has 50 heavy (non-hydrogen) atoms. The topological polar surface area (TPSA) is 156 Å². The Morgan fingerprint density at radius 2 is 1.84 bits per heavy atom. The van der Waals surface area contributed by atoms with Crippen LogP contribution in [0.25, 0.3) is 10.2 Å². The molecule has 7 rings (SSSR count). The SMILES string of the molecule is COc1ccc2nc(O[C@@H]3C[C@H]4C(=O)N[C@]5(C(=O)NS(=O)(=O)C6CC6)C[C@H]5CCCCCCC[C@H](Nc5cccc(F)c5)C(=O)N4C3)sc2c1. The fourth-order valence-electron chi connectivity index (χ4n) is 7.24. The van der Waals surface area contributed by atoms with Crippen molar-refractivity contribution >= 4 is 55.0 Å². The second kappa shape index (κ2) is 14.0. The van der Waals surface area contributed by atoms with Crippen molar-refractivity contribution in [1.82, 2.24) is 19.9 Å². The number of ether oxygens (including phenoxy) is 2.